The van der Waals surface area contributed by atoms with Gasteiger partial charge in [-0.15, -0.1) is 0 Å². The van der Waals surface area contributed by atoms with Crippen LogP contribution in [0.3, 0.4) is 0 Å². The highest BCUT2D eigenvalue weighted by molar-refractivity contribution is 5.69. The second kappa shape index (κ2) is 3.20. The molecule has 2 aromatic heterocycles. The van der Waals surface area contributed by atoms with E-state index in [1.165, 1.54) is 6.33 Å². The van der Waals surface area contributed by atoms with Gasteiger partial charge in [0.25, 0.3) is 5.56 Å². The Labute approximate surface area is 103 Å². The molecule has 0 unspecified atom stereocenters. The summed E-state index contributed by atoms with van der Waals surface area (Å²) in [5.41, 5.74) is 1.01. The number of rotatable bonds is 2. The quantitative estimate of drug-likeness (QED) is 0.806. The first kappa shape index (κ1) is 10.3. The van der Waals surface area contributed by atoms with Crippen LogP contribution < -0.4 is 5.56 Å². The molecule has 94 valence electrons. The first-order valence-electron chi connectivity index (χ1n) is 6.26. The maximum absolute atomic E-state index is 11.6. The average molecular weight is 246 g/mol. The number of imidazole rings is 1. The molecule has 0 aliphatic heterocycles. The van der Waals surface area contributed by atoms with Crippen LogP contribution in [0.1, 0.15) is 25.3 Å². The summed E-state index contributed by atoms with van der Waals surface area (Å²) < 4.78 is 2.01. The molecule has 0 radical (unpaired) electrons. The van der Waals surface area contributed by atoms with Gasteiger partial charge < -0.3 is 14.7 Å². The summed E-state index contributed by atoms with van der Waals surface area (Å²) >= 11 is 0. The van der Waals surface area contributed by atoms with Gasteiger partial charge >= 0.3 is 0 Å². The van der Waals surface area contributed by atoms with E-state index >= 15 is 0 Å². The van der Waals surface area contributed by atoms with Crippen LogP contribution in [0.25, 0.3) is 11.2 Å². The fourth-order valence-electron chi connectivity index (χ4n) is 3.55. The highest BCUT2D eigenvalue weighted by Crippen LogP contribution is 2.67. The summed E-state index contributed by atoms with van der Waals surface area (Å²) in [5.74, 6) is 0.515. The summed E-state index contributed by atoms with van der Waals surface area (Å²) in [7, 11) is 0. The standard InChI is InChI=1S/C12H14N4O2/c17-4-12-2-1-8(7(12)3-12)16-6-15-9-10(16)13-5-14-11(9)18/h5-8,17H,1-4H2,(H,13,14,18)/t7-,8+,12-/m1/s1. The number of aromatic nitrogens is 4. The van der Waals surface area contributed by atoms with Crippen LogP contribution in [0.5, 0.6) is 0 Å². The Morgan fingerprint density at radius 3 is 3.17 bits per heavy atom. The van der Waals surface area contributed by atoms with E-state index in [2.05, 4.69) is 15.0 Å². The third-order valence-corrected chi connectivity index (χ3v) is 4.69. The average Bonchev–Trinajstić information content (AvgIpc) is 2.78. The number of aliphatic hydroxyl groups is 1. The van der Waals surface area contributed by atoms with Gasteiger partial charge in [-0.1, -0.05) is 0 Å². The number of hydrogen-bond acceptors (Lipinski definition) is 4. The molecule has 4 rings (SSSR count). The lowest BCUT2D eigenvalue weighted by molar-refractivity contribution is 0.205. The van der Waals surface area contributed by atoms with Gasteiger partial charge in [-0.2, -0.15) is 0 Å². The lowest BCUT2D eigenvalue weighted by atomic mass is 10.1. The zero-order valence-corrected chi connectivity index (χ0v) is 9.83. The van der Waals surface area contributed by atoms with Crippen LogP contribution in [0, 0.1) is 11.3 Å². The molecule has 0 amide bonds. The summed E-state index contributed by atoms with van der Waals surface area (Å²) in [6, 6.07) is 0.330. The number of fused-ring (bicyclic) bond motifs is 2. The van der Waals surface area contributed by atoms with Gasteiger partial charge in [0.2, 0.25) is 0 Å². The van der Waals surface area contributed by atoms with Gasteiger partial charge in [0.15, 0.2) is 11.2 Å². The summed E-state index contributed by atoms with van der Waals surface area (Å²) in [6.07, 6.45) is 6.30. The fraction of sp³-hybridized carbons (Fsp3) is 0.583. The van der Waals surface area contributed by atoms with Crippen LogP contribution in [0.2, 0.25) is 0 Å². The van der Waals surface area contributed by atoms with Crippen molar-refractivity contribution in [3.8, 4) is 0 Å². The monoisotopic (exact) mass is 246 g/mol. The molecule has 2 aromatic rings. The molecule has 2 aliphatic rings. The summed E-state index contributed by atoms with van der Waals surface area (Å²) in [4.78, 5) is 22.5. The summed E-state index contributed by atoms with van der Waals surface area (Å²) in [5, 5.41) is 9.44. The van der Waals surface area contributed by atoms with Gasteiger partial charge in [0, 0.05) is 12.6 Å². The van der Waals surface area contributed by atoms with Gasteiger partial charge in [-0.25, -0.2) is 9.97 Å². The van der Waals surface area contributed by atoms with Crippen LogP contribution >= 0.6 is 0 Å². The van der Waals surface area contributed by atoms with Crippen molar-refractivity contribution in [1.82, 2.24) is 19.5 Å². The van der Waals surface area contributed by atoms with E-state index in [9.17, 15) is 9.90 Å². The van der Waals surface area contributed by atoms with Crippen LogP contribution in [-0.4, -0.2) is 31.2 Å². The van der Waals surface area contributed by atoms with Gasteiger partial charge in [0.1, 0.15) is 0 Å². The van der Waals surface area contributed by atoms with Gasteiger partial charge in [-0.05, 0) is 30.6 Å². The van der Waals surface area contributed by atoms with E-state index in [4.69, 9.17) is 0 Å². The maximum atomic E-state index is 11.6. The van der Waals surface area contributed by atoms with Gasteiger partial charge in [-0.3, -0.25) is 4.79 Å². The second-order valence-corrected chi connectivity index (χ2v) is 5.49. The van der Waals surface area contributed by atoms with Crippen LogP contribution in [0.15, 0.2) is 17.4 Å². The van der Waals surface area contributed by atoms with Crippen molar-refractivity contribution >= 4 is 11.2 Å². The van der Waals surface area contributed by atoms with E-state index in [1.807, 2.05) is 4.57 Å². The number of aliphatic hydroxyl groups excluding tert-OH is 1. The minimum absolute atomic E-state index is 0.141. The van der Waals surface area contributed by atoms with Crippen molar-refractivity contribution in [1.29, 1.82) is 0 Å². The highest BCUT2D eigenvalue weighted by atomic mass is 16.3. The predicted molar refractivity (Wildman–Crippen MR) is 64.0 cm³/mol. The largest absolute Gasteiger partial charge is 0.396 e. The van der Waals surface area contributed by atoms with E-state index in [0.29, 0.717) is 23.1 Å². The molecule has 0 saturated heterocycles. The molecular formula is C12H14N4O2. The molecule has 0 bridgehead atoms. The first-order valence-corrected chi connectivity index (χ1v) is 6.26. The molecule has 6 heteroatoms. The lowest BCUT2D eigenvalue weighted by Gasteiger charge is -2.13. The molecule has 0 spiro atoms. The predicted octanol–water partition coefficient (Wildman–Crippen LogP) is 0.453. The van der Waals surface area contributed by atoms with Crippen molar-refractivity contribution < 1.29 is 5.11 Å². The van der Waals surface area contributed by atoms with Crippen molar-refractivity contribution in [3.05, 3.63) is 23.0 Å². The van der Waals surface area contributed by atoms with E-state index < -0.39 is 0 Å². The third-order valence-electron chi connectivity index (χ3n) is 4.69. The van der Waals surface area contributed by atoms with Crippen molar-refractivity contribution in [2.45, 2.75) is 25.3 Å². The molecule has 2 heterocycles. The molecule has 3 atom stereocenters. The highest BCUT2D eigenvalue weighted by Gasteiger charge is 2.61. The topological polar surface area (TPSA) is 83.8 Å². The maximum Gasteiger partial charge on any atom is 0.278 e. The number of nitrogens with zero attached hydrogens (tertiary/aromatic N) is 3. The normalized spacial score (nSPS) is 33.8. The number of H-pyrrole nitrogens is 1. The first-order chi connectivity index (χ1) is 8.75. The van der Waals surface area contributed by atoms with Crippen molar-refractivity contribution in [2.24, 2.45) is 11.3 Å². The zero-order valence-electron chi connectivity index (χ0n) is 9.83. The Kier molecular flexibility index (Phi) is 1.82. The molecule has 6 nitrogen and oxygen atoms in total. The molecule has 0 aromatic carbocycles. The third kappa shape index (κ3) is 1.13. The molecule has 2 saturated carbocycles. The van der Waals surface area contributed by atoms with Crippen LogP contribution in [-0.2, 0) is 0 Å². The molecular weight excluding hydrogens is 232 g/mol. The number of aromatic amines is 1. The lowest BCUT2D eigenvalue weighted by Crippen LogP contribution is -2.11. The van der Waals surface area contributed by atoms with Gasteiger partial charge in [0.05, 0.1) is 12.7 Å². The Balaban J connectivity index is 1.81. The smallest absolute Gasteiger partial charge is 0.278 e. The Morgan fingerprint density at radius 2 is 2.44 bits per heavy atom. The zero-order chi connectivity index (χ0) is 12.3. The molecule has 2 fully saturated rings. The minimum atomic E-state index is -0.194. The number of nitrogens with one attached hydrogen (secondary N) is 1. The van der Waals surface area contributed by atoms with E-state index in [0.717, 1.165) is 19.3 Å². The fourth-order valence-corrected chi connectivity index (χ4v) is 3.55. The Hall–Kier alpha value is -1.69. The number of hydrogen-bond donors (Lipinski definition) is 2. The van der Waals surface area contributed by atoms with E-state index in [1.54, 1.807) is 6.33 Å². The molecule has 18 heavy (non-hydrogen) atoms. The minimum Gasteiger partial charge on any atom is -0.396 e. The summed E-state index contributed by atoms with van der Waals surface area (Å²) in [6.45, 7) is 0.273. The van der Waals surface area contributed by atoms with E-state index in [-0.39, 0.29) is 17.6 Å². The SMILES string of the molecule is O=c1[nH]cnc2c1ncn2[C@H]1CC[C@]2(CO)C[C@H]12. The second-order valence-electron chi connectivity index (χ2n) is 5.49. The van der Waals surface area contributed by atoms with Crippen molar-refractivity contribution in [3.63, 3.8) is 0 Å². The molecule has 2 aliphatic carbocycles. The van der Waals surface area contributed by atoms with Crippen molar-refractivity contribution in [2.75, 3.05) is 6.61 Å². The molecule has 2 N–H and O–H groups in total. The Bertz CT molecular complexity index is 676. The van der Waals surface area contributed by atoms with Crippen LogP contribution in [0.4, 0.5) is 0 Å². The Morgan fingerprint density at radius 1 is 1.56 bits per heavy atom.